The van der Waals surface area contributed by atoms with Gasteiger partial charge in [-0.05, 0) is 48.9 Å². The Hall–Kier alpha value is -2.53. The fourth-order valence-corrected chi connectivity index (χ4v) is 3.48. The van der Waals surface area contributed by atoms with Gasteiger partial charge in [0, 0.05) is 12.6 Å². The van der Waals surface area contributed by atoms with Crippen LogP contribution in [0.15, 0.2) is 54.6 Å². The normalized spacial score (nSPS) is 19.3. The van der Waals surface area contributed by atoms with Crippen LogP contribution >= 0.6 is 0 Å². The number of methoxy groups -OCH3 is 1. The maximum Gasteiger partial charge on any atom is 0.410 e. The standard InChI is InChI=1S/C22H27NO4/c1-26-21-9-5-8-18(14-21)15-23(19-10-12-20(24)13-11-19)22(25)27-16-17-6-3-2-4-7-17/h2-9,14,19-20,24H,10-13,15-16H2,1H3. The number of hydrogen-bond donors (Lipinski definition) is 1. The molecule has 0 spiro atoms. The lowest BCUT2D eigenvalue weighted by Gasteiger charge is -2.35. The molecule has 1 aliphatic rings. The minimum atomic E-state index is -0.317. The number of amides is 1. The molecule has 1 aliphatic carbocycles. The predicted octanol–water partition coefficient (Wildman–Crippen LogP) is 4.14. The zero-order valence-electron chi connectivity index (χ0n) is 15.7. The number of aliphatic hydroxyl groups is 1. The third kappa shape index (κ3) is 5.47. The molecule has 0 unspecified atom stereocenters. The van der Waals surface area contributed by atoms with Gasteiger partial charge in [0.1, 0.15) is 12.4 Å². The van der Waals surface area contributed by atoms with Crippen molar-refractivity contribution in [3.05, 3.63) is 65.7 Å². The van der Waals surface area contributed by atoms with Gasteiger partial charge in [-0.1, -0.05) is 42.5 Å². The molecule has 27 heavy (non-hydrogen) atoms. The number of nitrogens with zero attached hydrogens (tertiary/aromatic N) is 1. The second kappa shape index (κ2) is 9.42. The second-order valence-electron chi connectivity index (χ2n) is 6.98. The lowest BCUT2D eigenvalue weighted by Crippen LogP contribution is -2.42. The molecule has 1 fully saturated rings. The van der Waals surface area contributed by atoms with Crippen molar-refractivity contribution in [1.82, 2.24) is 4.90 Å². The van der Waals surface area contributed by atoms with Crippen molar-refractivity contribution in [3.63, 3.8) is 0 Å². The summed E-state index contributed by atoms with van der Waals surface area (Å²) in [6.07, 6.45) is 2.41. The third-order valence-corrected chi connectivity index (χ3v) is 5.03. The van der Waals surface area contributed by atoms with Crippen LogP contribution in [0.3, 0.4) is 0 Å². The maximum atomic E-state index is 12.9. The Morgan fingerprint density at radius 1 is 1.04 bits per heavy atom. The summed E-state index contributed by atoms with van der Waals surface area (Å²) < 4.78 is 10.9. The Kier molecular flexibility index (Phi) is 6.71. The SMILES string of the molecule is COc1cccc(CN(C(=O)OCc2ccccc2)C2CCC(O)CC2)c1. The molecule has 0 heterocycles. The first-order chi connectivity index (χ1) is 13.2. The van der Waals surface area contributed by atoms with Crippen LogP contribution in [0.1, 0.15) is 36.8 Å². The van der Waals surface area contributed by atoms with Crippen molar-refractivity contribution in [3.8, 4) is 5.75 Å². The molecule has 5 heteroatoms. The van der Waals surface area contributed by atoms with Gasteiger partial charge in [-0.15, -0.1) is 0 Å². The van der Waals surface area contributed by atoms with Crippen molar-refractivity contribution < 1.29 is 19.4 Å². The molecular weight excluding hydrogens is 342 g/mol. The highest BCUT2D eigenvalue weighted by atomic mass is 16.6. The molecule has 0 aliphatic heterocycles. The van der Waals surface area contributed by atoms with Crippen LogP contribution in [0.2, 0.25) is 0 Å². The Bertz CT molecular complexity index is 726. The second-order valence-corrected chi connectivity index (χ2v) is 6.98. The predicted molar refractivity (Wildman–Crippen MR) is 103 cm³/mol. The molecule has 5 nitrogen and oxygen atoms in total. The smallest absolute Gasteiger partial charge is 0.410 e. The molecule has 2 aromatic rings. The van der Waals surface area contributed by atoms with Crippen molar-refractivity contribution in [2.75, 3.05) is 7.11 Å². The molecule has 144 valence electrons. The van der Waals surface area contributed by atoms with E-state index in [1.807, 2.05) is 54.6 Å². The summed E-state index contributed by atoms with van der Waals surface area (Å²) in [5, 5.41) is 9.81. The van der Waals surface area contributed by atoms with Crippen LogP contribution in [-0.2, 0) is 17.9 Å². The quantitative estimate of drug-likeness (QED) is 0.831. The summed E-state index contributed by atoms with van der Waals surface area (Å²) in [6.45, 7) is 0.717. The molecule has 0 radical (unpaired) electrons. The Morgan fingerprint density at radius 2 is 1.74 bits per heavy atom. The van der Waals surface area contributed by atoms with E-state index in [2.05, 4.69) is 0 Å². The first kappa shape index (κ1) is 19.2. The zero-order chi connectivity index (χ0) is 19.1. The number of carbonyl (C=O) groups excluding carboxylic acids is 1. The van der Waals surface area contributed by atoms with Crippen molar-refractivity contribution in [2.24, 2.45) is 0 Å². The number of benzene rings is 2. The van der Waals surface area contributed by atoms with Crippen LogP contribution in [0.4, 0.5) is 4.79 Å². The topological polar surface area (TPSA) is 59.0 Å². The van der Waals surface area contributed by atoms with Gasteiger partial charge in [0.2, 0.25) is 0 Å². The molecular formula is C22H27NO4. The Labute approximate surface area is 160 Å². The fourth-order valence-electron chi connectivity index (χ4n) is 3.48. The van der Waals surface area contributed by atoms with Gasteiger partial charge < -0.3 is 19.5 Å². The number of aliphatic hydroxyl groups excluding tert-OH is 1. The van der Waals surface area contributed by atoms with Crippen LogP contribution in [-0.4, -0.2) is 35.4 Å². The van der Waals surface area contributed by atoms with Crippen LogP contribution in [0.5, 0.6) is 5.75 Å². The van der Waals surface area contributed by atoms with Gasteiger partial charge in [-0.2, -0.15) is 0 Å². The first-order valence-electron chi connectivity index (χ1n) is 9.44. The lowest BCUT2D eigenvalue weighted by atomic mass is 9.92. The van der Waals surface area contributed by atoms with Crippen LogP contribution < -0.4 is 4.74 Å². The van der Waals surface area contributed by atoms with Crippen LogP contribution in [0, 0.1) is 0 Å². The van der Waals surface area contributed by atoms with E-state index in [0.29, 0.717) is 19.4 Å². The van der Waals surface area contributed by atoms with E-state index in [0.717, 1.165) is 29.7 Å². The van der Waals surface area contributed by atoms with Gasteiger partial charge in [0.25, 0.3) is 0 Å². The van der Waals surface area contributed by atoms with Gasteiger partial charge in [-0.3, -0.25) is 0 Å². The monoisotopic (exact) mass is 369 g/mol. The van der Waals surface area contributed by atoms with Gasteiger partial charge >= 0.3 is 6.09 Å². The Morgan fingerprint density at radius 3 is 2.44 bits per heavy atom. The average molecular weight is 369 g/mol. The lowest BCUT2D eigenvalue weighted by molar-refractivity contribution is 0.0462. The van der Waals surface area contributed by atoms with E-state index in [-0.39, 0.29) is 24.8 Å². The highest BCUT2D eigenvalue weighted by Gasteiger charge is 2.29. The Balaban J connectivity index is 1.71. The largest absolute Gasteiger partial charge is 0.497 e. The average Bonchev–Trinajstić information content (AvgIpc) is 2.72. The van der Waals surface area contributed by atoms with Crippen molar-refractivity contribution in [2.45, 2.75) is 51.0 Å². The maximum absolute atomic E-state index is 12.9. The number of carbonyl (C=O) groups is 1. The summed E-state index contributed by atoms with van der Waals surface area (Å²) in [5.74, 6) is 0.768. The first-order valence-corrected chi connectivity index (χ1v) is 9.44. The van der Waals surface area contributed by atoms with Crippen LogP contribution in [0.25, 0.3) is 0 Å². The molecule has 1 N–H and O–H groups in total. The summed E-state index contributed by atoms with van der Waals surface area (Å²) in [7, 11) is 1.63. The fraction of sp³-hybridized carbons (Fsp3) is 0.409. The van der Waals surface area contributed by atoms with Crippen molar-refractivity contribution in [1.29, 1.82) is 0 Å². The highest BCUT2D eigenvalue weighted by Crippen LogP contribution is 2.26. The minimum absolute atomic E-state index is 0.0721. The summed E-state index contributed by atoms with van der Waals surface area (Å²) in [6, 6.07) is 17.5. The molecule has 1 amide bonds. The molecule has 1 saturated carbocycles. The molecule has 0 saturated heterocycles. The van der Waals surface area contributed by atoms with E-state index in [9.17, 15) is 9.90 Å². The minimum Gasteiger partial charge on any atom is -0.497 e. The van der Waals surface area contributed by atoms with E-state index in [1.54, 1.807) is 12.0 Å². The van der Waals surface area contributed by atoms with Gasteiger partial charge in [-0.25, -0.2) is 4.79 Å². The van der Waals surface area contributed by atoms with E-state index < -0.39 is 0 Å². The summed E-state index contributed by atoms with van der Waals surface area (Å²) in [4.78, 5) is 14.7. The zero-order valence-corrected chi connectivity index (χ0v) is 15.7. The molecule has 0 atom stereocenters. The number of rotatable bonds is 6. The number of ether oxygens (including phenoxy) is 2. The number of hydrogen-bond acceptors (Lipinski definition) is 4. The van der Waals surface area contributed by atoms with Gasteiger partial charge in [0.15, 0.2) is 0 Å². The summed E-state index contributed by atoms with van der Waals surface area (Å²) in [5.41, 5.74) is 1.96. The summed E-state index contributed by atoms with van der Waals surface area (Å²) >= 11 is 0. The third-order valence-electron chi connectivity index (χ3n) is 5.03. The molecule has 0 bridgehead atoms. The molecule has 2 aromatic carbocycles. The van der Waals surface area contributed by atoms with Crippen molar-refractivity contribution >= 4 is 6.09 Å². The van der Waals surface area contributed by atoms with Gasteiger partial charge in [0.05, 0.1) is 13.2 Å². The van der Waals surface area contributed by atoms with E-state index >= 15 is 0 Å². The molecule has 3 rings (SSSR count). The van der Waals surface area contributed by atoms with E-state index in [1.165, 1.54) is 0 Å². The van der Waals surface area contributed by atoms with E-state index in [4.69, 9.17) is 9.47 Å². The highest BCUT2D eigenvalue weighted by molar-refractivity contribution is 5.68. The molecule has 0 aromatic heterocycles.